The summed E-state index contributed by atoms with van der Waals surface area (Å²) >= 11 is 0. The highest BCUT2D eigenvalue weighted by atomic mass is 14.5. The molecule has 0 aromatic rings. The van der Waals surface area contributed by atoms with Crippen molar-refractivity contribution >= 4 is 0 Å². The third-order valence-electron chi connectivity index (χ3n) is 4.01. The first-order chi connectivity index (χ1) is 6.20. The highest BCUT2D eigenvalue weighted by Crippen LogP contribution is 2.51. The minimum atomic E-state index is 0.968. The molecule has 1 saturated carbocycles. The van der Waals surface area contributed by atoms with Crippen LogP contribution in [-0.4, -0.2) is 0 Å². The van der Waals surface area contributed by atoms with Crippen molar-refractivity contribution in [2.75, 3.05) is 0 Å². The molecule has 78 valence electrons. The van der Waals surface area contributed by atoms with Crippen LogP contribution in [0.25, 0.3) is 0 Å². The lowest BCUT2D eigenvalue weighted by molar-refractivity contribution is 0.441. The Bertz CT molecular complexity index is 139. The molecule has 1 aliphatic rings. The van der Waals surface area contributed by atoms with Crippen LogP contribution in [0, 0.1) is 23.7 Å². The fourth-order valence-corrected chi connectivity index (χ4v) is 2.90. The largest absolute Gasteiger partial charge is 0.0654 e. The average molecular weight is 182 g/mol. The van der Waals surface area contributed by atoms with Gasteiger partial charge in [-0.3, -0.25) is 0 Å². The Hall–Kier alpha value is 0. The maximum Gasteiger partial charge on any atom is -0.0355 e. The van der Waals surface area contributed by atoms with Gasteiger partial charge in [-0.25, -0.2) is 0 Å². The van der Waals surface area contributed by atoms with Crippen molar-refractivity contribution < 1.29 is 0 Å². The molecule has 0 nitrogen and oxygen atoms in total. The molecule has 4 unspecified atom stereocenters. The molecule has 4 atom stereocenters. The van der Waals surface area contributed by atoms with Gasteiger partial charge in [0.05, 0.1) is 0 Å². The van der Waals surface area contributed by atoms with Gasteiger partial charge in [-0.1, -0.05) is 53.4 Å². The van der Waals surface area contributed by atoms with E-state index in [0.29, 0.717) is 0 Å². The van der Waals surface area contributed by atoms with Gasteiger partial charge < -0.3 is 0 Å². The summed E-state index contributed by atoms with van der Waals surface area (Å²) in [5.74, 6) is 4.17. The summed E-state index contributed by atoms with van der Waals surface area (Å²) in [6.07, 6.45) is 7.17. The van der Waals surface area contributed by atoms with Crippen molar-refractivity contribution in [2.45, 2.75) is 59.8 Å². The second kappa shape index (κ2) is 5.02. The van der Waals surface area contributed by atoms with Crippen molar-refractivity contribution in [3.63, 3.8) is 0 Å². The first-order valence-corrected chi connectivity index (χ1v) is 6.20. The van der Waals surface area contributed by atoms with E-state index in [1.54, 1.807) is 0 Å². The van der Waals surface area contributed by atoms with Crippen LogP contribution in [-0.2, 0) is 0 Å². The second-order valence-corrected chi connectivity index (χ2v) is 5.07. The number of hydrogen-bond acceptors (Lipinski definition) is 0. The maximum absolute atomic E-state index is 2.43. The molecule has 0 heteroatoms. The molecule has 0 aromatic carbocycles. The van der Waals surface area contributed by atoms with Crippen molar-refractivity contribution in [3.05, 3.63) is 0 Å². The Balaban J connectivity index is 2.07. The zero-order valence-electron chi connectivity index (χ0n) is 9.84. The number of hydrogen-bond donors (Lipinski definition) is 0. The van der Waals surface area contributed by atoms with E-state index in [1.165, 1.54) is 32.1 Å². The van der Waals surface area contributed by atoms with Crippen LogP contribution in [0.3, 0.4) is 0 Å². The predicted octanol–water partition coefficient (Wildman–Crippen LogP) is 4.49. The van der Waals surface area contributed by atoms with Crippen LogP contribution in [0.1, 0.15) is 59.8 Å². The Morgan fingerprint density at radius 3 is 2.23 bits per heavy atom. The molecule has 0 saturated heterocycles. The Morgan fingerprint density at radius 2 is 1.77 bits per heavy atom. The van der Waals surface area contributed by atoms with E-state index in [9.17, 15) is 0 Å². The van der Waals surface area contributed by atoms with Crippen molar-refractivity contribution in [2.24, 2.45) is 23.7 Å². The van der Waals surface area contributed by atoms with Gasteiger partial charge in [-0.15, -0.1) is 0 Å². The van der Waals surface area contributed by atoms with Gasteiger partial charge in [-0.2, -0.15) is 0 Å². The van der Waals surface area contributed by atoms with Gasteiger partial charge in [-0.05, 0) is 30.1 Å². The summed E-state index contributed by atoms with van der Waals surface area (Å²) in [6, 6.07) is 0. The third-order valence-corrected chi connectivity index (χ3v) is 4.01. The van der Waals surface area contributed by atoms with E-state index < -0.39 is 0 Å². The van der Waals surface area contributed by atoms with Crippen LogP contribution in [0.5, 0.6) is 0 Å². The monoisotopic (exact) mass is 182 g/mol. The molecule has 0 radical (unpaired) electrons. The molecule has 0 spiro atoms. The Labute approximate surface area is 84.1 Å². The first-order valence-electron chi connectivity index (χ1n) is 6.20. The van der Waals surface area contributed by atoms with E-state index in [0.717, 1.165) is 23.7 Å². The minimum absolute atomic E-state index is 0.968. The number of rotatable bonds is 6. The van der Waals surface area contributed by atoms with Gasteiger partial charge in [0.2, 0.25) is 0 Å². The summed E-state index contributed by atoms with van der Waals surface area (Å²) in [5.41, 5.74) is 0. The molecule has 13 heavy (non-hydrogen) atoms. The predicted molar refractivity (Wildman–Crippen MR) is 59.7 cm³/mol. The van der Waals surface area contributed by atoms with Crippen LogP contribution in [0.15, 0.2) is 0 Å². The van der Waals surface area contributed by atoms with E-state index >= 15 is 0 Å². The Kier molecular flexibility index (Phi) is 4.28. The second-order valence-electron chi connectivity index (χ2n) is 5.07. The summed E-state index contributed by atoms with van der Waals surface area (Å²) in [6.45, 7) is 9.49. The summed E-state index contributed by atoms with van der Waals surface area (Å²) in [5, 5.41) is 0. The fraction of sp³-hybridized carbons (Fsp3) is 1.00. The van der Waals surface area contributed by atoms with E-state index in [2.05, 4.69) is 27.7 Å². The quantitative estimate of drug-likeness (QED) is 0.567. The Morgan fingerprint density at radius 1 is 1.08 bits per heavy atom. The summed E-state index contributed by atoms with van der Waals surface area (Å²) < 4.78 is 0. The van der Waals surface area contributed by atoms with Gasteiger partial charge in [0.15, 0.2) is 0 Å². The van der Waals surface area contributed by atoms with E-state index in [-0.39, 0.29) is 0 Å². The minimum Gasteiger partial charge on any atom is -0.0654 e. The van der Waals surface area contributed by atoms with Crippen molar-refractivity contribution in [1.29, 1.82) is 0 Å². The molecule has 1 aliphatic carbocycles. The molecular formula is C13H26. The topological polar surface area (TPSA) is 0 Å². The summed E-state index contributed by atoms with van der Waals surface area (Å²) in [7, 11) is 0. The van der Waals surface area contributed by atoms with Gasteiger partial charge in [0, 0.05) is 0 Å². The first kappa shape index (κ1) is 11.1. The molecule has 1 rings (SSSR count). The average Bonchev–Trinajstić information content (AvgIpc) is 2.73. The third kappa shape index (κ3) is 3.00. The fourth-order valence-electron chi connectivity index (χ4n) is 2.90. The SMILES string of the molecule is CCCC(C)CCC1C(C)C1CC. The van der Waals surface area contributed by atoms with E-state index in [1.807, 2.05) is 0 Å². The highest BCUT2D eigenvalue weighted by molar-refractivity contribution is 4.92. The van der Waals surface area contributed by atoms with Crippen molar-refractivity contribution in [1.82, 2.24) is 0 Å². The molecule has 0 aliphatic heterocycles. The summed E-state index contributed by atoms with van der Waals surface area (Å²) in [4.78, 5) is 0. The zero-order valence-corrected chi connectivity index (χ0v) is 9.84. The van der Waals surface area contributed by atoms with Crippen LogP contribution in [0.2, 0.25) is 0 Å². The lowest BCUT2D eigenvalue weighted by Gasteiger charge is -2.08. The van der Waals surface area contributed by atoms with Crippen LogP contribution < -0.4 is 0 Å². The molecule has 0 N–H and O–H groups in total. The smallest absolute Gasteiger partial charge is 0.0355 e. The van der Waals surface area contributed by atoms with E-state index in [4.69, 9.17) is 0 Å². The standard InChI is InChI=1S/C13H26/c1-5-7-10(3)8-9-13-11(4)12(13)6-2/h10-13H,5-9H2,1-4H3. The lowest BCUT2D eigenvalue weighted by Crippen LogP contribution is -1.95. The molecule has 0 aromatic heterocycles. The maximum atomic E-state index is 2.43. The van der Waals surface area contributed by atoms with Gasteiger partial charge >= 0.3 is 0 Å². The van der Waals surface area contributed by atoms with Crippen LogP contribution in [0.4, 0.5) is 0 Å². The molecule has 1 fully saturated rings. The van der Waals surface area contributed by atoms with Crippen molar-refractivity contribution in [3.8, 4) is 0 Å². The zero-order chi connectivity index (χ0) is 9.84. The molecule has 0 heterocycles. The highest BCUT2D eigenvalue weighted by Gasteiger charge is 2.43. The molecule has 0 bridgehead atoms. The molecular weight excluding hydrogens is 156 g/mol. The normalized spacial score (nSPS) is 34.6. The van der Waals surface area contributed by atoms with Gasteiger partial charge in [0.1, 0.15) is 0 Å². The lowest BCUT2D eigenvalue weighted by atomic mass is 9.98. The van der Waals surface area contributed by atoms with Gasteiger partial charge in [0.25, 0.3) is 0 Å². The van der Waals surface area contributed by atoms with Crippen LogP contribution >= 0.6 is 0 Å². The molecule has 0 amide bonds.